The van der Waals surface area contributed by atoms with Crippen molar-refractivity contribution < 1.29 is 0 Å². The molecule has 3 saturated heterocycles. The standard InChI is InChI=1S/C14H20N2/c15-14(12-4-2-1-3-5-12)13-10-16-8-6-11(13)7-9-16/h1-5,11,13-14H,6-10,15H2. The van der Waals surface area contributed by atoms with E-state index in [2.05, 4.69) is 35.2 Å². The average molecular weight is 216 g/mol. The van der Waals surface area contributed by atoms with Crippen LogP contribution in [0.4, 0.5) is 0 Å². The van der Waals surface area contributed by atoms with Crippen molar-refractivity contribution in [3.63, 3.8) is 0 Å². The normalized spacial score (nSPS) is 34.9. The van der Waals surface area contributed by atoms with Gasteiger partial charge in [-0.3, -0.25) is 0 Å². The van der Waals surface area contributed by atoms with Crippen LogP contribution >= 0.6 is 0 Å². The Morgan fingerprint density at radius 2 is 1.81 bits per heavy atom. The molecule has 2 heteroatoms. The van der Waals surface area contributed by atoms with E-state index in [-0.39, 0.29) is 6.04 Å². The molecular weight excluding hydrogens is 196 g/mol. The van der Waals surface area contributed by atoms with E-state index in [1.807, 2.05) is 0 Å². The summed E-state index contributed by atoms with van der Waals surface area (Å²) in [7, 11) is 0. The largest absolute Gasteiger partial charge is 0.324 e. The maximum Gasteiger partial charge on any atom is 0.0338 e. The second-order valence-corrected chi connectivity index (χ2v) is 5.24. The highest BCUT2D eigenvalue weighted by atomic mass is 15.2. The molecule has 2 unspecified atom stereocenters. The molecule has 0 aliphatic carbocycles. The van der Waals surface area contributed by atoms with Gasteiger partial charge in [0.2, 0.25) is 0 Å². The van der Waals surface area contributed by atoms with Crippen molar-refractivity contribution in [1.29, 1.82) is 0 Å². The average Bonchev–Trinajstić information content (AvgIpc) is 2.40. The lowest BCUT2D eigenvalue weighted by Gasteiger charge is -2.47. The highest BCUT2D eigenvalue weighted by Gasteiger charge is 2.37. The third-order valence-electron chi connectivity index (χ3n) is 4.35. The number of nitrogens with two attached hydrogens (primary N) is 1. The van der Waals surface area contributed by atoms with Crippen molar-refractivity contribution in [1.82, 2.24) is 4.90 Å². The first-order chi connectivity index (χ1) is 7.84. The predicted molar refractivity (Wildman–Crippen MR) is 66.0 cm³/mol. The van der Waals surface area contributed by atoms with Crippen molar-refractivity contribution in [2.75, 3.05) is 19.6 Å². The van der Waals surface area contributed by atoms with Crippen molar-refractivity contribution in [3.8, 4) is 0 Å². The molecule has 0 spiro atoms. The zero-order chi connectivity index (χ0) is 11.0. The van der Waals surface area contributed by atoms with E-state index < -0.39 is 0 Å². The number of benzene rings is 1. The van der Waals surface area contributed by atoms with Crippen molar-refractivity contribution >= 4 is 0 Å². The summed E-state index contributed by atoms with van der Waals surface area (Å²) in [6.07, 6.45) is 2.70. The van der Waals surface area contributed by atoms with Crippen LogP contribution in [0.1, 0.15) is 24.4 Å². The summed E-state index contributed by atoms with van der Waals surface area (Å²) in [6.45, 7) is 3.80. The van der Waals surface area contributed by atoms with Gasteiger partial charge in [0, 0.05) is 12.6 Å². The van der Waals surface area contributed by atoms with Crippen LogP contribution in [0.15, 0.2) is 30.3 Å². The summed E-state index contributed by atoms with van der Waals surface area (Å²) in [5, 5.41) is 0. The van der Waals surface area contributed by atoms with Gasteiger partial charge in [-0.25, -0.2) is 0 Å². The molecule has 0 aromatic heterocycles. The molecule has 3 heterocycles. The lowest BCUT2D eigenvalue weighted by Crippen LogP contribution is -2.50. The van der Waals surface area contributed by atoms with Gasteiger partial charge in [-0.2, -0.15) is 0 Å². The molecule has 3 fully saturated rings. The third-order valence-corrected chi connectivity index (χ3v) is 4.35. The maximum absolute atomic E-state index is 6.43. The van der Waals surface area contributed by atoms with Gasteiger partial charge in [0.05, 0.1) is 0 Å². The zero-order valence-corrected chi connectivity index (χ0v) is 9.68. The van der Waals surface area contributed by atoms with Gasteiger partial charge in [-0.15, -0.1) is 0 Å². The molecule has 3 aliphatic heterocycles. The SMILES string of the molecule is NC(c1ccccc1)C1CN2CCC1CC2. The Balaban J connectivity index is 1.78. The Hall–Kier alpha value is -0.860. The lowest BCUT2D eigenvalue weighted by atomic mass is 9.74. The summed E-state index contributed by atoms with van der Waals surface area (Å²) >= 11 is 0. The van der Waals surface area contributed by atoms with Crippen LogP contribution in [0, 0.1) is 11.8 Å². The molecule has 4 rings (SSSR count). The smallest absolute Gasteiger partial charge is 0.0338 e. The maximum atomic E-state index is 6.43. The summed E-state index contributed by atoms with van der Waals surface area (Å²) in [5.41, 5.74) is 7.74. The van der Waals surface area contributed by atoms with E-state index in [0.717, 1.165) is 5.92 Å². The quantitative estimate of drug-likeness (QED) is 0.819. The minimum atomic E-state index is 0.231. The van der Waals surface area contributed by atoms with Gasteiger partial charge < -0.3 is 10.6 Å². The third kappa shape index (κ3) is 1.76. The molecular formula is C14H20N2. The molecule has 0 radical (unpaired) electrons. The second-order valence-electron chi connectivity index (χ2n) is 5.24. The fourth-order valence-electron chi connectivity index (χ4n) is 3.34. The molecule has 2 bridgehead atoms. The Bertz CT molecular complexity index is 341. The molecule has 0 amide bonds. The molecule has 1 aromatic carbocycles. The minimum Gasteiger partial charge on any atom is -0.324 e. The highest BCUT2D eigenvalue weighted by molar-refractivity contribution is 5.20. The Kier molecular flexibility index (Phi) is 2.70. The van der Waals surface area contributed by atoms with Gasteiger partial charge in [0.15, 0.2) is 0 Å². The summed E-state index contributed by atoms with van der Waals surface area (Å²) < 4.78 is 0. The van der Waals surface area contributed by atoms with Crippen LogP contribution in [-0.2, 0) is 0 Å². The Morgan fingerprint density at radius 3 is 2.38 bits per heavy atom. The molecule has 16 heavy (non-hydrogen) atoms. The zero-order valence-electron chi connectivity index (χ0n) is 9.68. The van der Waals surface area contributed by atoms with E-state index in [0.29, 0.717) is 5.92 Å². The van der Waals surface area contributed by atoms with Crippen molar-refractivity contribution in [2.24, 2.45) is 17.6 Å². The fourth-order valence-corrected chi connectivity index (χ4v) is 3.34. The fraction of sp³-hybridized carbons (Fsp3) is 0.571. The minimum absolute atomic E-state index is 0.231. The number of piperidine rings is 3. The lowest BCUT2D eigenvalue weighted by molar-refractivity contribution is 0.0375. The first-order valence-electron chi connectivity index (χ1n) is 6.37. The Labute approximate surface area is 97.4 Å². The number of hydrogen-bond acceptors (Lipinski definition) is 2. The van der Waals surface area contributed by atoms with Crippen LogP contribution in [0.25, 0.3) is 0 Å². The summed E-state index contributed by atoms with van der Waals surface area (Å²) in [5.74, 6) is 1.53. The van der Waals surface area contributed by atoms with Gasteiger partial charge in [-0.05, 0) is 43.3 Å². The van der Waals surface area contributed by atoms with E-state index >= 15 is 0 Å². The first kappa shape index (κ1) is 10.3. The molecule has 86 valence electrons. The first-order valence-corrected chi connectivity index (χ1v) is 6.37. The van der Waals surface area contributed by atoms with E-state index in [4.69, 9.17) is 5.73 Å². The topological polar surface area (TPSA) is 29.3 Å². The number of rotatable bonds is 2. The molecule has 2 atom stereocenters. The molecule has 2 N–H and O–H groups in total. The van der Waals surface area contributed by atoms with Gasteiger partial charge in [0.1, 0.15) is 0 Å². The second kappa shape index (κ2) is 4.19. The van der Waals surface area contributed by atoms with E-state index in [9.17, 15) is 0 Å². The van der Waals surface area contributed by atoms with Crippen molar-refractivity contribution in [2.45, 2.75) is 18.9 Å². The van der Waals surface area contributed by atoms with Crippen LogP contribution in [0.5, 0.6) is 0 Å². The molecule has 0 saturated carbocycles. The van der Waals surface area contributed by atoms with E-state index in [1.165, 1.54) is 38.0 Å². The summed E-state index contributed by atoms with van der Waals surface area (Å²) in [6, 6.07) is 10.8. The van der Waals surface area contributed by atoms with Gasteiger partial charge >= 0.3 is 0 Å². The Morgan fingerprint density at radius 1 is 1.12 bits per heavy atom. The number of fused-ring (bicyclic) bond motifs is 3. The van der Waals surface area contributed by atoms with E-state index in [1.54, 1.807) is 0 Å². The monoisotopic (exact) mass is 216 g/mol. The summed E-state index contributed by atoms with van der Waals surface area (Å²) in [4.78, 5) is 2.58. The number of hydrogen-bond donors (Lipinski definition) is 1. The molecule has 3 aliphatic rings. The van der Waals surface area contributed by atoms with Gasteiger partial charge in [0.25, 0.3) is 0 Å². The van der Waals surface area contributed by atoms with Crippen LogP contribution in [-0.4, -0.2) is 24.5 Å². The van der Waals surface area contributed by atoms with Crippen LogP contribution in [0.2, 0.25) is 0 Å². The van der Waals surface area contributed by atoms with Crippen LogP contribution in [0.3, 0.4) is 0 Å². The van der Waals surface area contributed by atoms with Crippen molar-refractivity contribution in [3.05, 3.63) is 35.9 Å². The highest BCUT2D eigenvalue weighted by Crippen LogP contribution is 2.38. The predicted octanol–water partition coefficient (Wildman–Crippen LogP) is 2.03. The van der Waals surface area contributed by atoms with Crippen LogP contribution < -0.4 is 5.73 Å². The molecule has 1 aromatic rings. The molecule has 2 nitrogen and oxygen atoms in total. The van der Waals surface area contributed by atoms with Gasteiger partial charge in [-0.1, -0.05) is 30.3 Å². The number of nitrogens with zero attached hydrogens (tertiary/aromatic N) is 1.